The highest BCUT2D eigenvalue weighted by Crippen LogP contribution is 2.35. The second-order valence-corrected chi connectivity index (χ2v) is 6.07. The van der Waals surface area contributed by atoms with Crippen LogP contribution in [0.5, 0.6) is 0 Å². The van der Waals surface area contributed by atoms with E-state index in [9.17, 15) is 9.59 Å². The Balaban J connectivity index is 0.00000176. The summed E-state index contributed by atoms with van der Waals surface area (Å²) in [5.74, 6) is 0.562. The van der Waals surface area contributed by atoms with E-state index in [-0.39, 0.29) is 24.4 Å². The van der Waals surface area contributed by atoms with Gasteiger partial charge in [0.05, 0.1) is 18.7 Å². The summed E-state index contributed by atoms with van der Waals surface area (Å²) in [6.07, 6.45) is 4.89. The highest BCUT2D eigenvalue weighted by atomic mass is 35.5. The number of halogens is 1. The zero-order chi connectivity index (χ0) is 14.8. The number of piperidine rings is 1. The van der Waals surface area contributed by atoms with Gasteiger partial charge in [-0.25, -0.2) is 4.79 Å². The summed E-state index contributed by atoms with van der Waals surface area (Å²) in [6.45, 7) is 0. The second kappa shape index (κ2) is 7.25. The van der Waals surface area contributed by atoms with Crippen molar-refractivity contribution < 1.29 is 14.3 Å². The number of Topliss-reactive ketones (excluding diaryl/α,β-unsaturated/α-hetero) is 1. The molecule has 0 amide bonds. The molecule has 3 rings (SSSR count). The number of ether oxygens (including phenoxy) is 1. The van der Waals surface area contributed by atoms with Gasteiger partial charge in [-0.15, -0.1) is 12.4 Å². The van der Waals surface area contributed by atoms with Gasteiger partial charge < -0.3 is 10.1 Å². The fraction of sp³-hybridized carbons (Fsp3) is 0.529. The van der Waals surface area contributed by atoms with Gasteiger partial charge in [-0.2, -0.15) is 0 Å². The number of aryl methyl sites for hydroxylation is 1. The lowest BCUT2D eigenvalue weighted by atomic mass is 9.93. The maximum Gasteiger partial charge on any atom is 0.337 e. The van der Waals surface area contributed by atoms with E-state index >= 15 is 0 Å². The minimum Gasteiger partial charge on any atom is -0.465 e. The Labute approximate surface area is 137 Å². The Morgan fingerprint density at radius 1 is 1.23 bits per heavy atom. The summed E-state index contributed by atoms with van der Waals surface area (Å²) in [6, 6.07) is 7.95. The van der Waals surface area contributed by atoms with Gasteiger partial charge in [0.25, 0.3) is 0 Å². The molecule has 1 heterocycles. The highest BCUT2D eigenvalue weighted by molar-refractivity contribution is 5.89. The molecule has 1 aliphatic carbocycles. The maximum atomic E-state index is 12.3. The summed E-state index contributed by atoms with van der Waals surface area (Å²) >= 11 is 0. The number of esters is 1. The van der Waals surface area contributed by atoms with Crippen molar-refractivity contribution in [2.24, 2.45) is 5.92 Å². The van der Waals surface area contributed by atoms with Crippen molar-refractivity contribution in [1.29, 1.82) is 0 Å². The summed E-state index contributed by atoms with van der Waals surface area (Å²) in [5.41, 5.74) is 1.63. The van der Waals surface area contributed by atoms with E-state index < -0.39 is 0 Å². The van der Waals surface area contributed by atoms with Crippen molar-refractivity contribution >= 4 is 24.2 Å². The number of carbonyl (C=O) groups excluding carboxylic acids is 2. The molecule has 0 radical (unpaired) electrons. The first-order chi connectivity index (χ1) is 10.2. The number of hydrogen-bond acceptors (Lipinski definition) is 4. The predicted molar refractivity (Wildman–Crippen MR) is 86.4 cm³/mol. The first-order valence-electron chi connectivity index (χ1n) is 7.63. The average Bonchev–Trinajstić information content (AvgIpc) is 3.15. The SMILES string of the molecule is COC(=O)c1ccc(CCC(=O)[C@@H]2N[C@H]3CC[C@@H]2C3)cc1.Cl. The molecule has 3 atom stereocenters. The minimum atomic E-state index is -0.330. The topological polar surface area (TPSA) is 55.4 Å². The molecule has 1 saturated heterocycles. The van der Waals surface area contributed by atoms with Crippen molar-refractivity contribution in [3.8, 4) is 0 Å². The molecular formula is C17H22ClNO3. The molecule has 22 heavy (non-hydrogen) atoms. The van der Waals surface area contributed by atoms with Gasteiger partial charge in [-0.1, -0.05) is 12.1 Å². The fourth-order valence-corrected chi connectivity index (χ4v) is 3.56. The van der Waals surface area contributed by atoms with Crippen molar-refractivity contribution in [1.82, 2.24) is 5.32 Å². The third-order valence-electron chi connectivity index (χ3n) is 4.74. The third-order valence-corrected chi connectivity index (χ3v) is 4.74. The Bertz CT molecular complexity index is 543. The lowest BCUT2D eigenvalue weighted by Crippen LogP contribution is -2.41. The highest BCUT2D eigenvalue weighted by Gasteiger charge is 2.41. The molecule has 120 valence electrons. The molecule has 0 unspecified atom stereocenters. The van der Waals surface area contributed by atoms with Crippen LogP contribution >= 0.6 is 12.4 Å². The van der Waals surface area contributed by atoms with E-state index in [4.69, 9.17) is 0 Å². The van der Waals surface area contributed by atoms with Crippen LogP contribution in [0.3, 0.4) is 0 Å². The van der Waals surface area contributed by atoms with Crippen LogP contribution in [-0.4, -0.2) is 30.9 Å². The number of carbonyl (C=O) groups is 2. The van der Waals surface area contributed by atoms with Crippen LogP contribution in [-0.2, 0) is 16.0 Å². The molecule has 5 heteroatoms. The van der Waals surface area contributed by atoms with E-state index in [1.807, 2.05) is 12.1 Å². The Morgan fingerprint density at radius 3 is 2.50 bits per heavy atom. The largest absolute Gasteiger partial charge is 0.465 e. The zero-order valence-electron chi connectivity index (χ0n) is 12.7. The van der Waals surface area contributed by atoms with Gasteiger partial charge in [0.1, 0.15) is 5.78 Å². The lowest BCUT2D eigenvalue weighted by Gasteiger charge is -2.21. The first-order valence-corrected chi connectivity index (χ1v) is 7.63. The summed E-state index contributed by atoms with van der Waals surface area (Å²) in [4.78, 5) is 23.6. The van der Waals surface area contributed by atoms with Gasteiger partial charge in [0, 0.05) is 12.5 Å². The van der Waals surface area contributed by atoms with Crippen LogP contribution in [0.4, 0.5) is 0 Å². The number of rotatable bonds is 5. The number of methoxy groups -OCH3 is 1. The number of fused-ring (bicyclic) bond motifs is 2. The van der Waals surface area contributed by atoms with Crippen molar-refractivity contribution in [3.05, 3.63) is 35.4 Å². The normalized spacial score (nSPS) is 25.6. The molecule has 2 bridgehead atoms. The van der Waals surface area contributed by atoms with Gasteiger partial charge in [-0.05, 0) is 49.3 Å². The van der Waals surface area contributed by atoms with E-state index in [2.05, 4.69) is 10.1 Å². The maximum absolute atomic E-state index is 12.3. The number of benzene rings is 1. The summed E-state index contributed by atoms with van der Waals surface area (Å²) < 4.78 is 4.67. The van der Waals surface area contributed by atoms with E-state index in [1.165, 1.54) is 26.4 Å². The smallest absolute Gasteiger partial charge is 0.337 e. The van der Waals surface area contributed by atoms with Crippen LogP contribution < -0.4 is 5.32 Å². The van der Waals surface area contributed by atoms with Crippen molar-refractivity contribution in [2.75, 3.05) is 7.11 Å². The van der Waals surface area contributed by atoms with Crippen LogP contribution in [0.1, 0.15) is 41.6 Å². The molecule has 1 aromatic rings. The monoisotopic (exact) mass is 323 g/mol. The van der Waals surface area contributed by atoms with Gasteiger partial charge in [-0.3, -0.25) is 4.79 Å². The molecule has 2 aliphatic rings. The van der Waals surface area contributed by atoms with Crippen LogP contribution in [0, 0.1) is 5.92 Å². The number of hydrogen-bond donors (Lipinski definition) is 1. The zero-order valence-corrected chi connectivity index (χ0v) is 13.5. The van der Waals surface area contributed by atoms with Gasteiger partial charge >= 0.3 is 5.97 Å². The average molecular weight is 324 g/mol. The molecule has 1 aromatic carbocycles. The van der Waals surface area contributed by atoms with E-state index in [0.717, 1.165) is 12.0 Å². The fourth-order valence-electron chi connectivity index (χ4n) is 3.56. The van der Waals surface area contributed by atoms with Crippen LogP contribution in [0.25, 0.3) is 0 Å². The quantitative estimate of drug-likeness (QED) is 0.846. The number of nitrogens with one attached hydrogen (secondary N) is 1. The summed E-state index contributed by atoms with van der Waals surface area (Å²) in [5, 5.41) is 3.45. The molecule has 1 N–H and O–H groups in total. The molecule has 0 aromatic heterocycles. The van der Waals surface area contributed by atoms with Crippen LogP contribution in [0.2, 0.25) is 0 Å². The lowest BCUT2D eigenvalue weighted by molar-refractivity contribution is -0.121. The molecule has 2 fully saturated rings. The Morgan fingerprint density at radius 2 is 1.95 bits per heavy atom. The molecule has 1 saturated carbocycles. The van der Waals surface area contributed by atoms with Gasteiger partial charge in [0.15, 0.2) is 0 Å². The van der Waals surface area contributed by atoms with E-state index in [0.29, 0.717) is 29.7 Å². The molecular weight excluding hydrogens is 302 g/mol. The predicted octanol–water partition coefficient (Wildman–Crippen LogP) is 2.54. The molecule has 1 aliphatic heterocycles. The van der Waals surface area contributed by atoms with Gasteiger partial charge in [0.2, 0.25) is 0 Å². The Kier molecular flexibility index (Phi) is 5.59. The molecule has 4 nitrogen and oxygen atoms in total. The first kappa shape index (κ1) is 17.0. The third kappa shape index (κ3) is 3.50. The second-order valence-electron chi connectivity index (χ2n) is 6.07. The minimum absolute atomic E-state index is 0. The van der Waals surface area contributed by atoms with Crippen molar-refractivity contribution in [2.45, 2.75) is 44.2 Å². The number of ketones is 1. The standard InChI is InChI=1S/C17H21NO3.ClH/c1-21-17(20)12-5-2-11(3-6-12)4-9-15(19)16-13-7-8-14(10-13)18-16;/h2-3,5-6,13-14,16,18H,4,7-10H2,1H3;1H/t13-,14+,16-;/m1./s1. The van der Waals surface area contributed by atoms with Crippen LogP contribution in [0.15, 0.2) is 24.3 Å². The Hall–Kier alpha value is -1.39. The molecule has 0 spiro atoms. The van der Waals surface area contributed by atoms with Crippen molar-refractivity contribution in [3.63, 3.8) is 0 Å². The van der Waals surface area contributed by atoms with E-state index in [1.54, 1.807) is 12.1 Å². The summed E-state index contributed by atoms with van der Waals surface area (Å²) in [7, 11) is 1.37.